The SMILES string of the molecule is C[C@H](C(NC(=O)c1ccc(Cl)s1)C(=O)Nc1ccc(-n2ccccc2=O)cc1)S(C)(=O)=O. The van der Waals surface area contributed by atoms with Gasteiger partial charge in [-0.2, -0.15) is 0 Å². The van der Waals surface area contributed by atoms with Gasteiger partial charge in [0.05, 0.1) is 14.5 Å². The molecule has 0 spiro atoms. The number of carbonyl (C=O) groups is 2. The molecule has 1 unspecified atom stereocenters. The van der Waals surface area contributed by atoms with Crippen molar-refractivity contribution in [3.63, 3.8) is 0 Å². The first kappa shape index (κ1) is 23.7. The molecule has 0 saturated heterocycles. The van der Waals surface area contributed by atoms with Crippen molar-refractivity contribution in [2.75, 3.05) is 11.6 Å². The molecule has 2 amide bonds. The summed E-state index contributed by atoms with van der Waals surface area (Å²) >= 11 is 6.87. The number of hydrogen-bond donors (Lipinski definition) is 2. The Morgan fingerprint density at radius 2 is 1.75 bits per heavy atom. The lowest BCUT2D eigenvalue weighted by atomic mass is 10.2. The zero-order chi connectivity index (χ0) is 23.5. The van der Waals surface area contributed by atoms with E-state index < -0.39 is 32.9 Å². The van der Waals surface area contributed by atoms with Gasteiger partial charge >= 0.3 is 0 Å². The summed E-state index contributed by atoms with van der Waals surface area (Å²) in [4.78, 5) is 37.6. The molecule has 0 aliphatic heterocycles. The van der Waals surface area contributed by atoms with Gasteiger partial charge in [-0.1, -0.05) is 17.7 Å². The van der Waals surface area contributed by atoms with Crippen molar-refractivity contribution in [2.45, 2.75) is 18.2 Å². The van der Waals surface area contributed by atoms with Gasteiger partial charge in [0.25, 0.3) is 11.5 Å². The molecule has 168 valence electrons. The van der Waals surface area contributed by atoms with E-state index in [1.54, 1.807) is 42.6 Å². The van der Waals surface area contributed by atoms with Crippen LogP contribution in [0, 0.1) is 0 Å². The lowest BCUT2D eigenvalue weighted by Crippen LogP contribution is -2.52. The van der Waals surface area contributed by atoms with E-state index in [4.69, 9.17) is 11.6 Å². The summed E-state index contributed by atoms with van der Waals surface area (Å²) in [6.45, 7) is 1.35. The second-order valence-corrected chi connectivity index (χ2v) is 11.2. The van der Waals surface area contributed by atoms with Crippen LogP contribution < -0.4 is 16.2 Å². The van der Waals surface area contributed by atoms with Crippen LogP contribution in [0.25, 0.3) is 5.69 Å². The smallest absolute Gasteiger partial charge is 0.262 e. The molecule has 0 fully saturated rings. The van der Waals surface area contributed by atoms with Crippen LogP contribution in [-0.2, 0) is 14.6 Å². The Kier molecular flexibility index (Phi) is 7.17. The fourth-order valence-electron chi connectivity index (χ4n) is 2.86. The number of amides is 2. The summed E-state index contributed by atoms with van der Waals surface area (Å²) in [5, 5.41) is 3.94. The Balaban J connectivity index is 1.81. The van der Waals surface area contributed by atoms with Crippen LogP contribution in [0.4, 0.5) is 5.69 Å². The van der Waals surface area contributed by atoms with E-state index in [1.165, 1.54) is 29.7 Å². The third kappa shape index (κ3) is 5.64. The molecule has 0 bridgehead atoms. The average molecular weight is 494 g/mol. The monoisotopic (exact) mass is 493 g/mol. The quantitative estimate of drug-likeness (QED) is 0.525. The van der Waals surface area contributed by atoms with E-state index in [9.17, 15) is 22.8 Å². The van der Waals surface area contributed by atoms with Crippen LogP contribution in [0.15, 0.2) is 65.6 Å². The van der Waals surface area contributed by atoms with E-state index in [1.807, 2.05) is 0 Å². The predicted molar refractivity (Wildman–Crippen MR) is 126 cm³/mol. The highest BCUT2D eigenvalue weighted by molar-refractivity contribution is 7.91. The van der Waals surface area contributed by atoms with Gasteiger partial charge in [0.2, 0.25) is 5.91 Å². The molecule has 3 aromatic rings. The number of nitrogens with zero attached hydrogens (tertiary/aromatic N) is 1. The topological polar surface area (TPSA) is 114 Å². The first-order valence-electron chi connectivity index (χ1n) is 9.40. The summed E-state index contributed by atoms with van der Waals surface area (Å²) in [5.41, 5.74) is 0.766. The fraction of sp³-hybridized carbons (Fsp3) is 0.190. The predicted octanol–water partition coefficient (Wildman–Crippen LogP) is 2.72. The van der Waals surface area contributed by atoms with Crippen molar-refractivity contribution >= 4 is 50.3 Å². The van der Waals surface area contributed by atoms with Gasteiger partial charge in [0, 0.05) is 29.9 Å². The number of nitrogens with one attached hydrogen (secondary N) is 2. The van der Waals surface area contributed by atoms with Crippen molar-refractivity contribution in [1.29, 1.82) is 0 Å². The third-order valence-corrected chi connectivity index (χ3v) is 7.60. The van der Waals surface area contributed by atoms with Crippen molar-refractivity contribution in [3.8, 4) is 5.69 Å². The van der Waals surface area contributed by atoms with Gasteiger partial charge in [-0.3, -0.25) is 19.0 Å². The minimum absolute atomic E-state index is 0.206. The van der Waals surface area contributed by atoms with Crippen LogP contribution in [0.3, 0.4) is 0 Å². The van der Waals surface area contributed by atoms with Crippen molar-refractivity contribution < 1.29 is 18.0 Å². The fourth-order valence-corrected chi connectivity index (χ4v) is 4.49. The van der Waals surface area contributed by atoms with Crippen molar-refractivity contribution in [1.82, 2.24) is 9.88 Å². The number of benzene rings is 1. The molecule has 8 nitrogen and oxygen atoms in total. The second kappa shape index (κ2) is 9.68. The van der Waals surface area contributed by atoms with Crippen LogP contribution in [0.1, 0.15) is 16.6 Å². The minimum atomic E-state index is -3.65. The Morgan fingerprint density at radius 3 is 2.31 bits per heavy atom. The summed E-state index contributed by atoms with van der Waals surface area (Å²) in [7, 11) is -3.65. The highest BCUT2D eigenvalue weighted by atomic mass is 35.5. The van der Waals surface area contributed by atoms with Gasteiger partial charge in [-0.25, -0.2) is 8.42 Å². The van der Waals surface area contributed by atoms with Crippen LogP contribution in [0.2, 0.25) is 4.34 Å². The standard InChI is InChI=1S/C21H20ClN3O5S2/c1-13(32(2,29)30)19(24-20(27)16-10-11-17(22)31-16)21(28)23-14-6-8-15(9-7-14)25-12-4-3-5-18(25)26/h3-13,19H,1-2H3,(H,23,28)(H,24,27)/t13-,19?/m1/s1. The number of rotatable bonds is 7. The van der Waals surface area contributed by atoms with Gasteiger partial charge in [-0.15, -0.1) is 11.3 Å². The van der Waals surface area contributed by atoms with Gasteiger partial charge in [-0.05, 0) is 49.4 Å². The zero-order valence-corrected chi connectivity index (χ0v) is 19.5. The van der Waals surface area contributed by atoms with Crippen molar-refractivity contribution in [3.05, 3.63) is 80.4 Å². The zero-order valence-electron chi connectivity index (χ0n) is 17.1. The molecule has 0 radical (unpaired) electrons. The number of aromatic nitrogens is 1. The van der Waals surface area contributed by atoms with E-state index in [0.29, 0.717) is 15.7 Å². The number of halogens is 1. The molecule has 1 aromatic carbocycles. The average Bonchev–Trinajstić information content (AvgIpc) is 3.18. The largest absolute Gasteiger partial charge is 0.338 e. The molecular formula is C21H20ClN3O5S2. The molecule has 2 atom stereocenters. The maximum Gasteiger partial charge on any atom is 0.262 e. The lowest BCUT2D eigenvalue weighted by Gasteiger charge is -2.23. The Bertz CT molecular complexity index is 1300. The number of sulfone groups is 1. The first-order chi connectivity index (χ1) is 15.1. The molecule has 0 saturated carbocycles. The Morgan fingerprint density at radius 1 is 1.06 bits per heavy atom. The normalized spacial score (nSPS) is 13.2. The summed E-state index contributed by atoms with van der Waals surface area (Å²) in [6.07, 6.45) is 2.62. The maximum absolute atomic E-state index is 12.9. The maximum atomic E-state index is 12.9. The van der Waals surface area contributed by atoms with Gasteiger partial charge < -0.3 is 10.6 Å². The number of carbonyl (C=O) groups excluding carboxylic acids is 2. The molecule has 0 aliphatic rings. The number of pyridine rings is 1. The van der Waals surface area contributed by atoms with Crippen LogP contribution >= 0.6 is 22.9 Å². The van der Waals surface area contributed by atoms with Crippen LogP contribution in [0.5, 0.6) is 0 Å². The number of thiophene rings is 1. The third-order valence-electron chi connectivity index (χ3n) is 4.75. The summed E-state index contributed by atoms with van der Waals surface area (Å²) in [6, 6.07) is 12.9. The Labute approximate surface area is 193 Å². The molecule has 2 aromatic heterocycles. The molecule has 0 aliphatic carbocycles. The van der Waals surface area contributed by atoms with E-state index in [0.717, 1.165) is 17.6 Å². The number of anilines is 1. The summed E-state index contributed by atoms with van der Waals surface area (Å²) in [5.74, 6) is -1.29. The minimum Gasteiger partial charge on any atom is -0.338 e. The highest BCUT2D eigenvalue weighted by Gasteiger charge is 2.33. The van der Waals surface area contributed by atoms with Gasteiger partial charge in [0.15, 0.2) is 9.84 Å². The highest BCUT2D eigenvalue weighted by Crippen LogP contribution is 2.22. The van der Waals surface area contributed by atoms with E-state index in [2.05, 4.69) is 10.6 Å². The Hall–Kier alpha value is -2.95. The van der Waals surface area contributed by atoms with E-state index >= 15 is 0 Å². The molecule has 2 heterocycles. The molecule has 11 heteroatoms. The van der Waals surface area contributed by atoms with Crippen LogP contribution in [-0.4, -0.2) is 42.3 Å². The lowest BCUT2D eigenvalue weighted by molar-refractivity contribution is -0.118. The molecule has 3 rings (SSSR count). The molecule has 2 N–H and O–H groups in total. The van der Waals surface area contributed by atoms with Crippen molar-refractivity contribution in [2.24, 2.45) is 0 Å². The molecular weight excluding hydrogens is 474 g/mol. The number of hydrogen-bond acceptors (Lipinski definition) is 6. The van der Waals surface area contributed by atoms with E-state index in [-0.39, 0.29) is 10.4 Å². The van der Waals surface area contributed by atoms with Gasteiger partial charge in [0.1, 0.15) is 6.04 Å². The second-order valence-electron chi connectivity index (χ2n) is 7.03. The first-order valence-corrected chi connectivity index (χ1v) is 12.6. The summed E-state index contributed by atoms with van der Waals surface area (Å²) < 4.78 is 26.0. The molecule has 32 heavy (non-hydrogen) atoms.